The van der Waals surface area contributed by atoms with Gasteiger partial charge < -0.3 is 20.3 Å². The van der Waals surface area contributed by atoms with Gasteiger partial charge in [0.25, 0.3) is 0 Å². The van der Waals surface area contributed by atoms with E-state index in [1.54, 1.807) is 0 Å². The number of fused-ring (bicyclic) bond motifs is 3. The summed E-state index contributed by atoms with van der Waals surface area (Å²) in [4.78, 5) is 14.7. The van der Waals surface area contributed by atoms with Gasteiger partial charge in [-0.1, -0.05) is 0 Å². The van der Waals surface area contributed by atoms with E-state index in [0.29, 0.717) is 36.4 Å². The fourth-order valence-electron chi connectivity index (χ4n) is 6.12. The second-order valence-electron chi connectivity index (χ2n) is 10.8. The quantitative estimate of drug-likeness (QED) is 0.402. The van der Waals surface area contributed by atoms with Crippen LogP contribution in [-0.4, -0.2) is 76.5 Å². The average Bonchev–Trinajstić information content (AvgIpc) is 3.37. The number of rotatable bonds is 9. The lowest BCUT2D eigenvalue weighted by Gasteiger charge is -2.38. The first-order valence-corrected chi connectivity index (χ1v) is 13.3. The normalized spacial score (nSPS) is 23.5. The zero-order valence-corrected chi connectivity index (χ0v) is 21.6. The summed E-state index contributed by atoms with van der Waals surface area (Å²) in [6.45, 7) is 5.50. The molecule has 0 aliphatic carbocycles. The summed E-state index contributed by atoms with van der Waals surface area (Å²) >= 11 is 0. The largest absolute Gasteiger partial charge is 0.381 e. The molecule has 0 spiro atoms. The highest BCUT2D eigenvalue weighted by atomic mass is 16.5. The molecule has 0 radical (unpaired) electrons. The third-order valence-corrected chi connectivity index (χ3v) is 8.01. The molecule has 3 saturated heterocycles. The van der Waals surface area contributed by atoms with Gasteiger partial charge in [-0.05, 0) is 50.8 Å². The van der Waals surface area contributed by atoms with E-state index in [2.05, 4.69) is 61.9 Å². The molecular formula is C27H35N9O. The van der Waals surface area contributed by atoms with Gasteiger partial charge >= 0.3 is 0 Å². The number of benzene rings is 1. The van der Waals surface area contributed by atoms with E-state index in [-0.39, 0.29) is 0 Å². The summed E-state index contributed by atoms with van der Waals surface area (Å²) in [6.07, 6.45) is 5.12. The Morgan fingerprint density at radius 3 is 2.68 bits per heavy atom. The molecule has 1 unspecified atom stereocenters. The van der Waals surface area contributed by atoms with Gasteiger partial charge in [0.15, 0.2) is 5.82 Å². The van der Waals surface area contributed by atoms with E-state index >= 15 is 0 Å². The molecule has 3 N–H and O–H groups in total. The molecule has 3 aliphatic heterocycles. The molecule has 3 fully saturated rings. The van der Waals surface area contributed by atoms with Crippen molar-refractivity contribution >= 4 is 34.2 Å². The minimum absolute atomic E-state index is 0.318. The number of H-pyrrole nitrogens is 1. The molecule has 6 rings (SSSR count). The molecule has 194 valence electrons. The predicted molar refractivity (Wildman–Crippen MR) is 144 cm³/mol. The summed E-state index contributed by atoms with van der Waals surface area (Å²) < 4.78 is 5.36. The van der Waals surface area contributed by atoms with Crippen molar-refractivity contribution in [3.8, 4) is 6.07 Å². The van der Waals surface area contributed by atoms with Crippen LogP contribution in [-0.2, 0) is 4.74 Å². The number of anilines is 4. The monoisotopic (exact) mass is 501 g/mol. The standard InChI is InChI=1S/C27H35N9O/c1-17-10-25(34-33-17)31-26-23-7-6-20(35(2)14-18-15-37-16-18)13-24(23)30-27(32-26)29-19-11-21-4-5-22(12-19)36(21)9-3-8-28/h6-7,10,13,18-19,21-22H,3-5,9,11-12,14-16H2,1-2H3,(H3,29,30,31,32,33,34)/t19?,21-,22+. The summed E-state index contributed by atoms with van der Waals surface area (Å²) in [7, 11) is 2.13. The van der Waals surface area contributed by atoms with E-state index in [9.17, 15) is 0 Å². The van der Waals surface area contributed by atoms with Gasteiger partial charge in [0.05, 0.1) is 24.8 Å². The van der Waals surface area contributed by atoms with Crippen molar-refractivity contribution in [3.05, 3.63) is 30.0 Å². The number of nitrogens with one attached hydrogen (secondary N) is 3. The molecule has 0 saturated carbocycles. The average molecular weight is 502 g/mol. The number of piperidine rings is 1. The number of aryl methyl sites for hydroxylation is 1. The third-order valence-electron chi connectivity index (χ3n) is 8.01. The van der Waals surface area contributed by atoms with E-state index in [4.69, 9.17) is 20.0 Å². The van der Waals surface area contributed by atoms with Crippen LogP contribution < -0.4 is 15.5 Å². The Morgan fingerprint density at radius 2 is 2.00 bits per heavy atom. The summed E-state index contributed by atoms with van der Waals surface area (Å²) in [5.41, 5.74) is 3.02. The van der Waals surface area contributed by atoms with Crippen molar-refractivity contribution in [1.82, 2.24) is 25.1 Å². The van der Waals surface area contributed by atoms with Gasteiger partial charge in [0.2, 0.25) is 5.95 Å². The Hall–Kier alpha value is -3.42. The summed E-state index contributed by atoms with van der Waals surface area (Å²) in [5.74, 6) is 2.70. The van der Waals surface area contributed by atoms with Crippen LogP contribution in [0.1, 0.15) is 37.8 Å². The molecule has 1 aromatic carbocycles. The van der Waals surface area contributed by atoms with Crippen molar-refractivity contribution < 1.29 is 4.74 Å². The number of aromatic amines is 1. The maximum Gasteiger partial charge on any atom is 0.225 e. The summed E-state index contributed by atoms with van der Waals surface area (Å²) in [5, 5.41) is 24.4. The Labute approximate surface area is 217 Å². The molecule has 10 heteroatoms. The second kappa shape index (κ2) is 10.1. The second-order valence-corrected chi connectivity index (χ2v) is 10.8. The fraction of sp³-hybridized carbons (Fsp3) is 0.556. The minimum atomic E-state index is 0.318. The number of aromatic nitrogens is 4. The molecular weight excluding hydrogens is 466 g/mol. The first kappa shape index (κ1) is 23.9. The first-order chi connectivity index (χ1) is 18.1. The van der Waals surface area contributed by atoms with Crippen LogP contribution >= 0.6 is 0 Å². The van der Waals surface area contributed by atoms with Gasteiger partial charge in [-0.3, -0.25) is 10.00 Å². The summed E-state index contributed by atoms with van der Waals surface area (Å²) in [6, 6.07) is 12.0. The van der Waals surface area contributed by atoms with E-state index in [0.717, 1.165) is 73.1 Å². The number of ether oxygens (including phenoxy) is 1. The molecule has 2 bridgehead atoms. The van der Waals surface area contributed by atoms with Gasteiger partial charge in [0.1, 0.15) is 5.82 Å². The van der Waals surface area contributed by atoms with E-state index < -0.39 is 0 Å². The Balaban J connectivity index is 1.26. The molecule has 5 heterocycles. The smallest absolute Gasteiger partial charge is 0.225 e. The maximum atomic E-state index is 9.04. The van der Waals surface area contributed by atoms with Gasteiger partial charge in [0, 0.05) is 73.4 Å². The van der Waals surface area contributed by atoms with Crippen LogP contribution in [0.4, 0.5) is 23.3 Å². The molecule has 3 aromatic rings. The van der Waals surface area contributed by atoms with E-state index in [1.807, 2.05) is 13.0 Å². The molecule has 0 amide bonds. The lowest BCUT2D eigenvalue weighted by molar-refractivity contribution is -0.0272. The highest BCUT2D eigenvalue weighted by molar-refractivity contribution is 5.93. The van der Waals surface area contributed by atoms with Gasteiger partial charge in [-0.15, -0.1) is 0 Å². The maximum absolute atomic E-state index is 9.04. The molecule has 2 aromatic heterocycles. The zero-order valence-electron chi connectivity index (χ0n) is 21.6. The van der Waals surface area contributed by atoms with Crippen LogP contribution in [0, 0.1) is 24.2 Å². The zero-order chi connectivity index (χ0) is 25.4. The van der Waals surface area contributed by atoms with Crippen molar-refractivity contribution in [3.63, 3.8) is 0 Å². The van der Waals surface area contributed by atoms with Crippen LogP contribution in [0.3, 0.4) is 0 Å². The predicted octanol–water partition coefficient (Wildman–Crippen LogP) is 3.81. The van der Waals surface area contributed by atoms with Crippen molar-refractivity contribution in [2.24, 2.45) is 5.92 Å². The number of hydrogen-bond donors (Lipinski definition) is 3. The minimum Gasteiger partial charge on any atom is -0.381 e. The highest BCUT2D eigenvalue weighted by Gasteiger charge is 2.40. The first-order valence-electron chi connectivity index (χ1n) is 13.3. The number of nitriles is 1. The Bertz CT molecular complexity index is 1280. The number of nitrogens with zero attached hydrogens (tertiary/aromatic N) is 6. The third kappa shape index (κ3) is 5.06. The topological polar surface area (TPSA) is 118 Å². The Morgan fingerprint density at radius 1 is 1.19 bits per heavy atom. The van der Waals surface area contributed by atoms with Crippen LogP contribution in [0.25, 0.3) is 10.9 Å². The lowest BCUT2D eigenvalue weighted by atomic mass is 9.97. The Kier molecular flexibility index (Phi) is 6.57. The lowest BCUT2D eigenvalue weighted by Crippen LogP contribution is -2.47. The van der Waals surface area contributed by atoms with Gasteiger partial charge in [-0.25, -0.2) is 4.98 Å². The molecule has 3 aliphatic rings. The van der Waals surface area contributed by atoms with E-state index in [1.165, 1.54) is 12.8 Å². The van der Waals surface area contributed by atoms with Crippen LogP contribution in [0.15, 0.2) is 24.3 Å². The highest BCUT2D eigenvalue weighted by Crippen LogP contribution is 2.37. The van der Waals surface area contributed by atoms with Crippen molar-refractivity contribution in [2.45, 2.75) is 57.2 Å². The fourth-order valence-corrected chi connectivity index (χ4v) is 6.12. The molecule has 37 heavy (non-hydrogen) atoms. The van der Waals surface area contributed by atoms with Crippen LogP contribution in [0.5, 0.6) is 0 Å². The van der Waals surface area contributed by atoms with Crippen LogP contribution in [0.2, 0.25) is 0 Å². The number of hydrogen-bond acceptors (Lipinski definition) is 9. The van der Waals surface area contributed by atoms with Crippen molar-refractivity contribution in [1.29, 1.82) is 5.26 Å². The molecule has 10 nitrogen and oxygen atoms in total. The SMILES string of the molecule is Cc1cc(Nc2nc(NC3C[C@H]4CC[C@@H](C3)N4CCC#N)nc3cc(N(C)CC4COC4)ccc23)n[nH]1. The molecule has 3 atom stereocenters. The van der Waals surface area contributed by atoms with Gasteiger partial charge in [-0.2, -0.15) is 15.3 Å². The van der Waals surface area contributed by atoms with Crippen molar-refractivity contribution in [2.75, 3.05) is 48.9 Å².